The van der Waals surface area contributed by atoms with E-state index in [-0.39, 0.29) is 12.1 Å². The number of aliphatic hydroxyl groups excluding tert-OH is 1. The van der Waals surface area contributed by atoms with Crippen LogP contribution in [0.5, 0.6) is 0 Å². The van der Waals surface area contributed by atoms with Gasteiger partial charge in [0.1, 0.15) is 0 Å². The van der Waals surface area contributed by atoms with Crippen molar-refractivity contribution in [2.24, 2.45) is 0 Å². The normalized spacial score (nSPS) is 14.9. The molecule has 2 atom stereocenters. The summed E-state index contributed by atoms with van der Waals surface area (Å²) in [5.41, 5.74) is 3.55. The van der Waals surface area contributed by atoms with Gasteiger partial charge in [-0.3, -0.25) is 0 Å². The van der Waals surface area contributed by atoms with E-state index in [0.29, 0.717) is 0 Å². The van der Waals surface area contributed by atoms with Gasteiger partial charge in [-0.25, -0.2) is 0 Å². The highest BCUT2D eigenvalue weighted by Gasteiger charge is 2.09. The molecule has 1 aromatic carbocycles. The van der Waals surface area contributed by atoms with Crippen LogP contribution < -0.4 is 5.32 Å². The first-order chi connectivity index (χ1) is 6.50. The molecule has 0 bridgehead atoms. The molecule has 0 aromatic heterocycles. The molecular formula is C12H19NO. The minimum atomic E-state index is -0.338. The second-order valence-electron chi connectivity index (χ2n) is 3.99. The van der Waals surface area contributed by atoms with Crippen molar-refractivity contribution in [2.75, 3.05) is 5.32 Å². The van der Waals surface area contributed by atoms with Crippen LogP contribution in [-0.2, 0) is 0 Å². The van der Waals surface area contributed by atoms with Crippen LogP contribution in [0.2, 0.25) is 0 Å². The summed E-state index contributed by atoms with van der Waals surface area (Å²) in [6, 6.07) is 6.37. The molecule has 0 heterocycles. The highest BCUT2D eigenvalue weighted by atomic mass is 16.3. The Kier molecular flexibility index (Phi) is 3.53. The Balaban J connectivity index is 2.80. The van der Waals surface area contributed by atoms with Gasteiger partial charge in [0, 0.05) is 11.7 Å². The highest BCUT2D eigenvalue weighted by Crippen LogP contribution is 2.17. The Morgan fingerprint density at radius 3 is 2.43 bits per heavy atom. The predicted molar refractivity (Wildman–Crippen MR) is 60.7 cm³/mol. The zero-order valence-corrected chi connectivity index (χ0v) is 9.33. The van der Waals surface area contributed by atoms with E-state index in [9.17, 15) is 5.11 Å². The molecule has 0 aliphatic heterocycles. The predicted octanol–water partition coefficient (Wildman–Crippen LogP) is 2.48. The lowest BCUT2D eigenvalue weighted by atomic mass is 10.1. The third kappa shape index (κ3) is 2.74. The summed E-state index contributed by atoms with van der Waals surface area (Å²) in [6.07, 6.45) is -0.338. The van der Waals surface area contributed by atoms with E-state index in [2.05, 4.69) is 37.4 Å². The first-order valence-electron chi connectivity index (χ1n) is 5.02. The molecule has 0 amide bonds. The third-order valence-electron chi connectivity index (χ3n) is 2.50. The van der Waals surface area contributed by atoms with Gasteiger partial charge in [0.25, 0.3) is 0 Å². The van der Waals surface area contributed by atoms with Crippen LogP contribution in [0.4, 0.5) is 5.69 Å². The Bertz CT molecular complexity index is 307. The van der Waals surface area contributed by atoms with Crippen LogP contribution in [0.15, 0.2) is 18.2 Å². The molecule has 0 aliphatic rings. The lowest BCUT2D eigenvalue weighted by Gasteiger charge is -2.19. The van der Waals surface area contributed by atoms with Crippen molar-refractivity contribution in [1.82, 2.24) is 0 Å². The van der Waals surface area contributed by atoms with Crippen molar-refractivity contribution >= 4 is 5.69 Å². The number of nitrogens with one attached hydrogen (secondary N) is 1. The van der Waals surface area contributed by atoms with Crippen LogP contribution in [-0.4, -0.2) is 17.3 Å². The van der Waals surface area contributed by atoms with Crippen LogP contribution in [0.25, 0.3) is 0 Å². The number of hydrogen-bond acceptors (Lipinski definition) is 2. The highest BCUT2D eigenvalue weighted by molar-refractivity contribution is 5.53. The van der Waals surface area contributed by atoms with Crippen molar-refractivity contribution < 1.29 is 5.11 Å². The molecular weight excluding hydrogens is 174 g/mol. The first kappa shape index (κ1) is 11.1. The lowest BCUT2D eigenvalue weighted by molar-refractivity contribution is 0.178. The third-order valence-corrected chi connectivity index (χ3v) is 2.50. The Hall–Kier alpha value is -1.02. The molecule has 14 heavy (non-hydrogen) atoms. The van der Waals surface area contributed by atoms with Gasteiger partial charge in [-0.15, -0.1) is 0 Å². The monoisotopic (exact) mass is 193 g/mol. The van der Waals surface area contributed by atoms with Gasteiger partial charge in [-0.2, -0.15) is 0 Å². The maximum Gasteiger partial charge on any atom is 0.0710 e. The Morgan fingerprint density at radius 1 is 1.21 bits per heavy atom. The lowest BCUT2D eigenvalue weighted by Crippen LogP contribution is -2.28. The number of anilines is 1. The van der Waals surface area contributed by atoms with Gasteiger partial charge in [0.2, 0.25) is 0 Å². The van der Waals surface area contributed by atoms with Crippen LogP contribution in [0.3, 0.4) is 0 Å². The molecule has 0 spiro atoms. The number of aliphatic hydroxyl groups is 1. The summed E-state index contributed by atoms with van der Waals surface area (Å²) in [5, 5.41) is 12.7. The Morgan fingerprint density at radius 2 is 1.86 bits per heavy atom. The fraction of sp³-hybridized carbons (Fsp3) is 0.500. The van der Waals surface area contributed by atoms with Gasteiger partial charge >= 0.3 is 0 Å². The molecule has 0 aliphatic carbocycles. The van der Waals surface area contributed by atoms with Crippen LogP contribution in [0.1, 0.15) is 25.0 Å². The van der Waals surface area contributed by atoms with Gasteiger partial charge in [-0.1, -0.05) is 12.1 Å². The van der Waals surface area contributed by atoms with Gasteiger partial charge in [0.05, 0.1) is 6.10 Å². The minimum Gasteiger partial charge on any atom is -0.391 e. The average Bonchev–Trinajstić information content (AvgIpc) is 2.11. The molecule has 2 heteroatoms. The average molecular weight is 193 g/mol. The Labute approximate surface area is 86.0 Å². The maximum atomic E-state index is 9.38. The molecule has 0 fully saturated rings. The number of aryl methyl sites for hydroxylation is 2. The summed E-state index contributed by atoms with van der Waals surface area (Å²) in [4.78, 5) is 0. The molecule has 0 saturated heterocycles. The standard InChI is InChI=1S/C12H19NO/c1-8-5-6-9(2)12(7-8)13-10(3)11(4)14/h5-7,10-11,13-14H,1-4H3. The minimum absolute atomic E-state index is 0.0792. The molecule has 78 valence electrons. The van der Waals surface area contributed by atoms with Crippen molar-refractivity contribution in [1.29, 1.82) is 0 Å². The SMILES string of the molecule is Cc1ccc(C)c(NC(C)C(C)O)c1. The molecule has 0 saturated carbocycles. The molecule has 2 N–H and O–H groups in total. The fourth-order valence-electron chi connectivity index (χ4n) is 1.26. The number of hydrogen-bond donors (Lipinski definition) is 2. The zero-order valence-electron chi connectivity index (χ0n) is 9.33. The largest absolute Gasteiger partial charge is 0.391 e. The molecule has 1 aromatic rings. The van der Waals surface area contributed by atoms with E-state index in [1.807, 2.05) is 6.92 Å². The smallest absolute Gasteiger partial charge is 0.0710 e. The van der Waals surface area contributed by atoms with Crippen molar-refractivity contribution in [3.05, 3.63) is 29.3 Å². The number of benzene rings is 1. The summed E-state index contributed by atoms with van der Waals surface area (Å²) >= 11 is 0. The van der Waals surface area contributed by atoms with Crippen molar-refractivity contribution in [3.63, 3.8) is 0 Å². The summed E-state index contributed by atoms with van der Waals surface area (Å²) in [6.45, 7) is 7.91. The zero-order chi connectivity index (χ0) is 10.7. The van der Waals surface area contributed by atoms with Gasteiger partial charge in [-0.05, 0) is 44.9 Å². The van der Waals surface area contributed by atoms with E-state index in [4.69, 9.17) is 0 Å². The van der Waals surface area contributed by atoms with Gasteiger partial charge in [0.15, 0.2) is 0 Å². The first-order valence-corrected chi connectivity index (χ1v) is 5.02. The molecule has 2 unspecified atom stereocenters. The van der Waals surface area contributed by atoms with E-state index < -0.39 is 0 Å². The van der Waals surface area contributed by atoms with E-state index in [1.165, 1.54) is 11.1 Å². The molecule has 0 radical (unpaired) electrons. The van der Waals surface area contributed by atoms with E-state index in [1.54, 1.807) is 6.92 Å². The fourth-order valence-corrected chi connectivity index (χ4v) is 1.26. The second-order valence-corrected chi connectivity index (χ2v) is 3.99. The number of rotatable bonds is 3. The van der Waals surface area contributed by atoms with Crippen molar-refractivity contribution in [2.45, 2.75) is 39.8 Å². The van der Waals surface area contributed by atoms with Gasteiger partial charge < -0.3 is 10.4 Å². The quantitative estimate of drug-likeness (QED) is 0.773. The van der Waals surface area contributed by atoms with E-state index in [0.717, 1.165) is 5.69 Å². The molecule has 2 nitrogen and oxygen atoms in total. The van der Waals surface area contributed by atoms with Crippen molar-refractivity contribution in [3.8, 4) is 0 Å². The van der Waals surface area contributed by atoms with E-state index >= 15 is 0 Å². The summed E-state index contributed by atoms with van der Waals surface area (Å²) in [5.74, 6) is 0. The topological polar surface area (TPSA) is 32.3 Å². The van der Waals surface area contributed by atoms with Crippen LogP contribution >= 0.6 is 0 Å². The molecule has 1 rings (SSSR count). The summed E-state index contributed by atoms with van der Waals surface area (Å²) < 4.78 is 0. The van der Waals surface area contributed by atoms with Crippen LogP contribution in [0, 0.1) is 13.8 Å². The maximum absolute atomic E-state index is 9.38. The second kappa shape index (κ2) is 4.47. The summed E-state index contributed by atoms with van der Waals surface area (Å²) in [7, 11) is 0.